The number of anilines is 1. The molecule has 18 heavy (non-hydrogen) atoms. The minimum absolute atomic E-state index is 0.406. The molecule has 0 amide bonds. The van der Waals surface area contributed by atoms with Gasteiger partial charge in [0.15, 0.2) is 0 Å². The van der Waals surface area contributed by atoms with Crippen LogP contribution in [-0.2, 0) is 0 Å². The second kappa shape index (κ2) is 5.63. The van der Waals surface area contributed by atoms with Crippen molar-refractivity contribution in [1.82, 2.24) is 9.88 Å². The van der Waals surface area contributed by atoms with Crippen molar-refractivity contribution in [3.8, 4) is 0 Å². The van der Waals surface area contributed by atoms with E-state index in [1.54, 1.807) is 12.4 Å². The third-order valence-corrected chi connectivity index (χ3v) is 3.71. The zero-order valence-electron chi connectivity index (χ0n) is 10.9. The summed E-state index contributed by atoms with van der Waals surface area (Å²) < 4.78 is 0. The fourth-order valence-corrected chi connectivity index (χ4v) is 2.17. The maximum atomic E-state index is 5.69. The molecule has 1 aliphatic rings. The summed E-state index contributed by atoms with van der Waals surface area (Å²) >= 11 is 5.03. The summed E-state index contributed by atoms with van der Waals surface area (Å²) in [5, 5.41) is 3.39. The molecular formula is C13H20N4S. The van der Waals surface area contributed by atoms with Crippen LogP contribution in [0.3, 0.4) is 0 Å². The quantitative estimate of drug-likeness (QED) is 0.765. The third-order valence-electron chi connectivity index (χ3n) is 3.49. The zero-order valence-corrected chi connectivity index (χ0v) is 11.7. The average molecular weight is 264 g/mol. The van der Waals surface area contributed by atoms with Crippen LogP contribution in [0.5, 0.6) is 0 Å². The van der Waals surface area contributed by atoms with Crippen LogP contribution >= 0.6 is 12.2 Å². The van der Waals surface area contributed by atoms with Gasteiger partial charge in [-0.05, 0) is 32.9 Å². The monoisotopic (exact) mass is 264 g/mol. The smallest absolute Gasteiger partial charge is 0.106 e. The Morgan fingerprint density at radius 2 is 2.39 bits per heavy atom. The van der Waals surface area contributed by atoms with Gasteiger partial charge in [0, 0.05) is 30.4 Å². The third kappa shape index (κ3) is 3.17. The predicted molar refractivity (Wildman–Crippen MR) is 78.9 cm³/mol. The number of nitrogens with zero attached hydrogens (tertiary/aromatic N) is 2. The maximum absolute atomic E-state index is 5.69. The molecular weight excluding hydrogens is 244 g/mol. The molecule has 1 aromatic heterocycles. The van der Waals surface area contributed by atoms with Gasteiger partial charge in [-0.1, -0.05) is 12.2 Å². The van der Waals surface area contributed by atoms with E-state index in [0.29, 0.717) is 11.0 Å². The van der Waals surface area contributed by atoms with Gasteiger partial charge in [0.25, 0.3) is 0 Å². The molecule has 2 rings (SSSR count). The first-order valence-electron chi connectivity index (χ1n) is 6.29. The maximum Gasteiger partial charge on any atom is 0.106 e. The first-order valence-corrected chi connectivity index (χ1v) is 6.70. The molecule has 0 saturated heterocycles. The largest absolute Gasteiger partial charge is 0.389 e. The Morgan fingerprint density at radius 1 is 1.67 bits per heavy atom. The van der Waals surface area contributed by atoms with Gasteiger partial charge in [-0.15, -0.1) is 0 Å². The van der Waals surface area contributed by atoms with Gasteiger partial charge in [0.2, 0.25) is 0 Å². The van der Waals surface area contributed by atoms with Crippen molar-refractivity contribution >= 4 is 22.9 Å². The highest BCUT2D eigenvalue weighted by Gasteiger charge is 2.28. The van der Waals surface area contributed by atoms with E-state index in [0.717, 1.165) is 23.8 Å². The highest BCUT2D eigenvalue weighted by Crippen LogP contribution is 2.27. The first kappa shape index (κ1) is 13.2. The number of nitrogens with one attached hydrogen (secondary N) is 1. The summed E-state index contributed by atoms with van der Waals surface area (Å²) in [6.07, 6.45) is 6.13. The fraction of sp³-hybridized carbons (Fsp3) is 0.538. The van der Waals surface area contributed by atoms with Gasteiger partial charge in [0.1, 0.15) is 4.99 Å². The van der Waals surface area contributed by atoms with E-state index in [1.807, 2.05) is 6.07 Å². The summed E-state index contributed by atoms with van der Waals surface area (Å²) in [7, 11) is 2.18. The minimum atomic E-state index is 0.406. The van der Waals surface area contributed by atoms with Crippen LogP contribution < -0.4 is 11.1 Å². The van der Waals surface area contributed by atoms with Crippen LogP contribution in [0.4, 0.5) is 5.69 Å². The minimum Gasteiger partial charge on any atom is -0.389 e. The van der Waals surface area contributed by atoms with Crippen molar-refractivity contribution in [2.24, 2.45) is 5.73 Å². The number of likely N-dealkylation sites (N-methyl/N-ethyl adjacent to an activating group) is 1. The number of hydrogen-bond acceptors (Lipinski definition) is 4. The van der Waals surface area contributed by atoms with Gasteiger partial charge >= 0.3 is 0 Å². The first-order chi connectivity index (χ1) is 8.59. The molecule has 0 aliphatic heterocycles. The highest BCUT2D eigenvalue weighted by molar-refractivity contribution is 7.80. The summed E-state index contributed by atoms with van der Waals surface area (Å²) in [6.45, 7) is 3.09. The number of aromatic nitrogens is 1. The van der Waals surface area contributed by atoms with Crippen LogP contribution in [0, 0.1) is 0 Å². The van der Waals surface area contributed by atoms with E-state index in [4.69, 9.17) is 18.0 Å². The molecule has 1 fully saturated rings. The lowest BCUT2D eigenvalue weighted by molar-refractivity contribution is 0.257. The number of pyridine rings is 1. The molecule has 1 saturated carbocycles. The molecule has 0 radical (unpaired) electrons. The number of nitrogens with two attached hydrogens (primary N) is 1. The standard InChI is InChI=1S/C13H20N4S/c1-9(17(2)10-3-4-10)7-16-12-8-15-6-5-11(12)13(14)18/h5-6,8-10,16H,3-4,7H2,1-2H3,(H2,14,18). The van der Waals surface area contributed by atoms with E-state index in [1.165, 1.54) is 12.8 Å². The molecule has 1 unspecified atom stereocenters. The lowest BCUT2D eigenvalue weighted by Gasteiger charge is -2.25. The Bertz CT molecular complexity index is 431. The molecule has 98 valence electrons. The second-order valence-electron chi connectivity index (χ2n) is 4.91. The predicted octanol–water partition coefficient (Wildman–Crippen LogP) is 1.61. The van der Waals surface area contributed by atoms with Gasteiger partial charge in [-0.25, -0.2) is 0 Å². The zero-order chi connectivity index (χ0) is 13.1. The lowest BCUT2D eigenvalue weighted by Crippen LogP contribution is -2.36. The Kier molecular flexibility index (Phi) is 4.14. The molecule has 0 aromatic carbocycles. The van der Waals surface area contributed by atoms with Crippen LogP contribution in [0.2, 0.25) is 0 Å². The van der Waals surface area contributed by atoms with Crippen molar-refractivity contribution in [2.75, 3.05) is 18.9 Å². The molecule has 1 heterocycles. The van der Waals surface area contributed by atoms with Crippen LogP contribution in [0.1, 0.15) is 25.3 Å². The van der Waals surface area contributed by atoms with Crippen molar-refractivity contribution in [3.63, 3.8) is 0 Å². The van der Waals surface area contributed by atoms with E-state index in [9.17, 15) is 0 Å². The van der Waals surface area contributed by atoms with Crippen LogP contribution in [-0.4, -0.2) is 40.5 Å². The summed E-state index contributed by atoms with van der Waals surface area (Å²) in [5.74, 6) is 0. The van der Waals surface area contributed by atoms with Crippen LogP contribution in [0.25, 0.3) is 0 Å². The van der Waals surface area contributed by atoms with Crippen molar-refractivity contribution < 1.29 is 0 Å². The van der Waals surface area contributed by atoms with E-state index in [-0.39, 0.29) is 0 Å². The van der Waals surface area contributed by atoms with E-state index in [2.05, 4.69) is 29.2 Å². The molecule has 3 N–H and O–H groups in total. The average Bonchev–Trinajstić information content (AvgIpc) is 3.19. The van der Waals surface area contributed by atoms with E-state index < -0.39 is 0 Å². The summed E-state index contributed by atoms with van der Waals surface area (Å²) in [6, 6.07) is 3.10. The van der Waals surface area contributed by atoms with E-state index >= 15 is 0 Å². The van der Waals surface area contributed by atoms with Crippen molar-refractivity contribution in [1.29, 1.82) is 0 Å². The number of rotatable bonds is 6. The molecule has 5 heteroatoms. The molecule has 1 aromatic rings. The lowest BCUT2D eigenvalue weighted by atomic mass is 10.2. The molecule has 0 spiro atoms. The fourth-order valence-electron chi connectivity index (χ4n) is 1.99. The second-order valence-corrected chi connectivity index (χ2v) is 5.35. The Labute approximate surface area is 114 Å². The normalized spacial score (nSPS) is 16.6. The summed E-state index contributed by atoms with van der Waals surface area (Å²) in [4.78, 5) is 6.93. The van der Waals surface area contributed by atoms with Crippen molar-refractivity contribution in [3.05, 3.63) is 24.0 Å². The van der Waals surface area contributed by atoms with Gasteiger partial charge < -0.3 is 11.1 Å². The Balaban J connectivity index is 1.95. The molecule has 4 nitrogen and oxygen atoms in total. The number of thiocarbonyl (C=S) groups is 1. The van der Waals surface area contributed by atoms with Gasteiger partial charge in [0.05, 0.1) is 11.9 Å². The molecule has 1 atom stereocenters. The van der Waals surface area contributed by atoms with Gasteiger partial charge in [-0.2, -0.15) is 0 Å². The Hall–Kier alpha value is -1.20. The number of hydrogen-bond donors (Lipinski definition) is 2. The highest BCUT2D eigenvalue weighted by atomic mass is 32.1. The van der Waals surface area contributed by atoms with Crippen LogP contribution in [0.15, 0.2) is 18.5 Å². The van der Waals surface area contributed by atoms with Gasteiger partial charge in [-0.3, -0.25) is 9.88 Å². The SMILES string of the molecule is CC(CNc1cnccc1C(N)=S)N(C)C1CC1. The summed E-state index contributed by atoms with van der Waals surface area (Å²) in [5.41, 5.74) is 7.47. The topological polar surface area (TPSA) is 54.2 Å². The molecule has 0 bridgehead atoms. The van der Waals surface area contributed by atoms with Crippen molar-refractivity contribution in [2.45, 2.75) is 31.8 Å². The Morgan fingerprint density at radius 3 is 3.00 bits per heavy atom. The molecule has 1 aliphatic carbocycles.